The second-order valence-electron chi connectivity index (χ2n) is 6.39. The van der Waals surface area contributed by atoms with Gasteiger partial charge in [0, 0.05) is 24.0 Å². The van der Waals surface area contributed by atoms with Gasteiger partial charge in [-0.1, -0.05) is 13.8 Å². The largest absolute Gasteiger partial charge is 0.337 e. The van der Waals surface area contributed by atoms with Crippen LogP contribution in [0.5, 0.6) is 0 Å². The molecule has 1 amide bonds. The van der Waals surface area contributed by atoms with Crippen LogP contribution in [0.2, 0.25) is 0 Å². The SMILES string of the molecule is CCC1CCC(C)N1C(=O)C1CC(N)CCC1C. The highest BCUT2D eigenvalue weighted by Gasteiger charge is 2.40. The Hall–Kier alpha value is -0.570. The second kappa shape index (κ2) is 5.60. The van der Waals surface area contributed by atoms with Crippen LogP contribution in [0.3, 0.4) is 0 Å². The Morgan fingerprint density at radius 3 is 2.61 bits per heavy atom. The summed E-state index contributed by atoms with van der Waals surface area (Å²) in [4.78, 5) is 15.0. The van der Waals surface area contributed by atoms with Gasteiger partial charge in [0.05, 0.1) is 0 Å². The van der Waals surface area contributed by atoms with E-state index in [0.29, 0.717) is 23.9 Å². The van der Waals surface area contributed by atoms with Gasteiger partial charge in [0.2, 0.25) is 5.91 Å². The van der Waals surface area contributed by atoms with E-state index in [1.807, 2.05) is 0 Å². The normalized spacial score (nSPS) is 41.1. The fraction of sp³-hybridized carbons (Fsp3) is 0.933. The summed E-state index contributed by atoms with van der Waals surface area (Å²) in [5.74, 6) is 1.06. The van der Waals surface area contributed by atoms with Gasteiger partial charge in [-0.15, -0.1) is 0 Å². The highest BCUT2D eigenvalue weighted by molar-refractivity contribution is 5.80. The van der Waals surface area contributed by atoms with Crippen LogP contribution < -0.4 is 5.73 Å². The zero-order valence-electron chi connectivity index (χ0n) is 12.1. The lowest BCUT2D eigenvalue weighted by Gasteiger charge is -2.37. The lowest BCUT2D eigenvalue weighted by molar-refractivity contribution is -0.141. The number of hydrogen-bond donors (Lipinski definition) is 1. The molecule has 0 bridgehead atoms. The average Bonchev–Trinajstić information content (AvgIpc) is 2.72. The Morgan fingerprint density at radius 1 is 1.22 bits per heavy atom. The maximum atomic E-state index is 12.8. The molecule has 1 aliphatic heterocycles. The summed E-state index contributed by atoms with van der Waals surface area (Å²) in [5, 5.41) is 0. The Bertz CT molecular complexity index is 305. The van der Waals surface area contributed by atoms with E-state index in [0.717, 1.165) is 32.1 Å². The lowest BCUT2D eigenvalue weighted by Crippen LogP contribution is -2.47. The highest BCUT2D eigenvalue weighted by Crippen LogP contribution is 2.35. The van der Waals surface area contributed by atoms with Crippen molar-refractivity contribution in [3.63, 3.8) is 0 Å². The third-order valence-corrected chi connectivity index (χ3v) is 5.07. The molecule has 1 saturated heterocycles. The number of carbonyl (C=O) groups excluding carboxylic acids is 1. The van der Waals surface area contributed by atoms with Crippen molar-refractivity contribution in [3.8, 4) is 0 Å². The van der Waals surface area contributed by atoms with E-state index in [9.17, 15) is 4.79 Å². The fourth-order valence-electron chi connectivity index (χ4n) is 3.76. The molecule has 2 N–H and O–H groups in total. The lowest BCUT2D eigenvalue weighted by atomic mass is 9.77. The first-order chi connectivity index (χ1) is 8.54. The molecule has 5 atom stereocenters. The summed E-state index contributed by atoms with van der Waals surface area (Å²) in [6, 6.07) is 1.12. The predicted octanol–water partition coefficient (Wildman–Crippen LogP) is 2.54. The maximum absolute atomic E-state index is 12.8. The molecular weight excluding hydrogens is 224 g/mol. The number of nitrogens with two attached hydrogens (primary N) is 1. The molecule has 18 heavy (non-hydrogen) atoms. The van der Waals surface area contributed by atoms with Crippen molar-refractivity contribution in [1.29, 1.82) is 0 Å². The van der Waals surface area contributed by atoms with Gasteiger partial charge in [0.25, 0.3) is 0 Å². The summed E-state index contributed by atoms with van der Waals surface area (Å²) >= 11 is 0. The number of carbonyl (C=O) groups is 1. The van der Waals surface area contributed by atoms with Crippen LogP contribution in [0.25, 0.3) is 0 Å². The monoisotopic (exact) mass is 252 g/mol. The van der Waals surface area contributed by atoms with Gasteiger partial charge in [0.15, 0.2) is 0 Å². The number of amides is 1. The molecule has 2 aliphatic rings. The minimum absolute atomic E-state index is 0.170. The van der Waals surface area contributed by atoms with Crippen LogP contribution in [0.4, 0.5) is 0 Å². The van der Waals surface area contributed by atoms with Crippen LogP contribution in [0, 0.1) is 11.8 Å². The summed E-state index contributed by atoms with van der Waals surface area (Å²) in [7, 11) is 0. The molecule has 3 nitrogen and oxygen atoms in total. The minimum atomic E-state index is 0.170. The smallest absolute Gasteiger partial charge is 0.226 e. The van der Waals surface area contributed by atoms with Crippen LogP contribution in [0.15, 0.2) is 0 Å². The summed E-state index contributed by atoms with van der Waals surface area (Å²) in [6.45, 7) is 6.61. The zero-order chi connectivity index (χ0) is 13.3. The van der Waals surface area contributed by atoms with Crippen LogP contribution >= 0.6 is 0 Å². The van der Waals surface area contributed by atoms with Gasteiger partial charge < -0.3 is 10.6 Å². The quantitative estimate of drug-likeness (QED) is 0.821. The average molecular weight is 252 g/mol. The molecule has 1 aliphatic carbocycles. The van der Waals surface area contributed by atoms with Gasteiger partial charge in [-0.2, -0.15) is 0 Å². The summed E-state index contributed by atoms with van der Waals surface area (Å²) in [6.07, 6.45) is 6.51. The van der Waals surface area contributed by atoms with Crippen molar-refractivity contribution in [1.82, 2.24) is 4.90 Å². The molecule has 2 fully saturated rings. The first kappa shape index (κ1) is 13.9. The maximum Gasteiger partial charge on any atom is 0.226 e. The van der Waals surface area contributed by atoms with Crippen LogP contribution in [0.1, 0.15) is 59.3 Å². The van der Waals surface area contributed by atoms with Crippen molar-refractivity contribution in [3.05, 3.63) is 0 Å². The zero-order valence-corrected chi connectivity index (χ0v) is 12.1. The third kappa shape index (κ3) is 2.56. The van der Waals surface area contributed by atoms with Gasteiger partial charge in [0.1, 0.15) is 0 Å². The molecule has 5 unspecified atom stereocenters. The topological polar surface area (TPSA) is 46.3 Å². The van der Waals surface area contributed by atoms with E-state index in [4.69, 9.17) is 5.73 Å². The molecule has 0 aromatic rings. The number of hydrogen-bond acceptors (Lipinski definition) is 2. The standard InChI is InChI=1S/C15H28N2O/c1-4-13-8-6-11(3)17(13)15(18)14-9-12(16)7-5-10(14)2/h10-14H,4-9,16H2,1-3H3. The molecule has 0 aromatic heterocycles. The molecule has 0 aromatic carbocycles. The summed E-state index contributed by atoms with van der Waals surface area (Å²) in [5.41, 5.74) is 6.05. The first-order valence-electron chi connectivity index (χ1n) is 7.62. The third-order valence-electron chi connectivity index (χ3n) is 5.07. The van der Waals surface area contributed by atoms with E-state index >= 15 is 0 Å². The molecule has 3 heteroatoms. The summed E-state index contributed by atoms with van der Waals surface area (Å²) < 4.78 is 0. The van der Waals surface area contributed by atoms with Crippen LogP contribution in [-0.4, -0.2) is 28.9 Å². The molecule has 0 spiro atoms. The second-order valence-corrected chi connectivity index (χ2v) is 6.39. The van der Waals surface area contributed by atoms with Crippen molar-refractivity contribution in [2.75, 3.05) is 0 Å². The van der Waals surface area contributed by atoms with E-state index in [1.165, 1.54) is 6.42 Å². The van der Waals surface area contributed by atoms with E-state index in [2.05, 4.69) is 25.7 Å². The minimum Gasteiger partial charge on any atom is -0.337 e. The van der Waals surface area contributed by atoms with Crippen molar-refractivity contribution < 1.29 is 4.79 Å². The first-order valence-corrected chi connectivity index (χ1v) is 7.62. The van der Waals surface area contributed by atoms with Gasteiger partial charge in [-0.3, -0.25) is 4.79 Å². The molecule has 104 valence electrons. The van der Waals surface area contributed by atoms with Gasteiger partial charge >= 0.3 is 0 Å². The molecule has 2 rings (SSSR count). The van der Waals surface area contributed by atoms with Crippen molar-refractivity contribution >= 4 is 5.91 Å². The molecule has 0 radical (unpaired) electrons. The Balaban J connectivity index is 2.09. The molecule has 1 saturated carbocycles. The number of rotatable bonds is 2. The number of nitrogens with zero attached hydrogens (tertiary/aromatic N) is 1. The van der Waals surface area contributed by atoms with Gasteiger partial charge in [-0.25, -0.2) is 0 Å². The highest BCUT2D eigenvalue weighted by atomic mass is 16.2. The Morgan fingerprint density at radius 2 is 1.94 bits per heavy atom. The Labute approximate surface area is 111 Å². The predicted molar refractivity (Wildman–Crippen MR) is 74.1 cm³/mol. The van der Waals surface area contributed by atoms with Crippen molar-refractivity contribution in [2.45, 2.75) is 77.4 Å². The number of likely N-dealkylation sites (tertiary alicyclic amines) is 1. The van der Waals surface area contributed by atoms with Gasteiger partial charge in [-0.05, 0) is 51.4 Å². The van der Waals surface area contributed by atoms with Crippen LogP contribution in [-0.2, 0) is 4.79 Å². The molecular formula is C15H28N2O. The Kier molecular flexibility index (Phi) is 4.31. The van der Waals surface area contributed by atoms with E-state index < -0.39 is 0 Å². The molecule has 1 heterocycles. The van der Waals surface area contributed by atoms with E-state index in [-0.39, 0.29) is 12.0 Å². The van der Waals surface area contributed by atoms with Crippen molar-refractivity contribution in [2.24, 2.45) is 17.6 Å². The van der Waals surface area contributed by atoms with E-state index in [1.54, 1.807) is 0 Å². The fourth-order valence-corrected chi connectivity index (χ4v) is 3.76.